The summed E-state index contributed by atoms with van der Waals surface area (Å²) in [4.78, 5) is 31.1. The zero-order chi connectivity index (χ0) is 16.0. The van der Waals surface area contributed by atoms with Crippen molar-refractivity contribution in [1.29, 1.82) is 0 Å². The van der Waals surface area contributed by atoms with Crippen LogP contribution in [0.15, 0.2) is 27.9 Å². The number of piperidine rings is 1. The summed E-state index contributed by atoms with van der Waals surface area (Å²) in [6.07, 6.45) is 4.16. The Morgan fingerprint density at radius 2 is 1.87 bits per heavy atom. The van der Waals surface area contributed by atoms with Gasteiger partial charge in [-0.15, -0.1) is 0 Å². The Hall–Kier alpha value is -1.99. The lowest BCUT2D eigenvalue weighted by Gasteiger charge is -2.35. The predicted molar refractivity (Wildman–Crippen MR) is 87.6 cm³/mol. The van der Waals surface area contributed by atoms with E-state index >= 15 is 0 Å². The first kappa shape index (κ1) is 14.6. The number of hydrogen-bond donors (Lipinski definition) is 1. The highest BCUT2D eigenvalue weighted by Crippen LogP contribution is 2.24. The van der Waals surface area contributed by atoms with Crippen molar-refractivity contribution in [2.75, 3.05) is 19.6 Å². The summed E-state index contributed by atoms with van der Waals surface area (Å²) in [5.41, 5.74) is 7.14. The van der Waals surface area contributed by atoms with Gasteiger partial charge in [-0.2, -0.15) is 0 Å². The lowest BCUT2D eigenvalue weighted by atomic mass is 10.0. The molecule has 0 saturated carbocycles. The van der Waals surface area contributed by atoms with Crippen molar-refractivity contribution < 1.29 is 0 Å². The van der Waals surface area contributed by atoms with Gasteiger partial charge in [-0.05, 0) is 38.4 Å². The van der Waals surface area contributed by atoms with E-state index in [4.69, 9.17) is 5.73 Å². The Morgan fingerprint density at radius 1 is 1.09 bits per heavy atom. The van der Waals surface area contributed by atoms with Gasteiger partial charge < -0.3 is 10.6 Å². The molecule has 4 heterocycles. The first-order valence-corrected chi connectivity index (χ1v) is 8.22. The average Bonchev–Trinajstić information content (AvgIpc) is 2.56. The molecule has 4 rings (SSSR count). The SMILES string of the molecule is NC1CCN(C[C@@H]2CCn3c(=O)ccc4ncc(=O)n2c43)CC1. The van der Waals surface area contributed by atoms with E-state index in [1.807, 2.05) is 0 Å². The number of rotatable bonds is 2. The van der Waals surface area contributed by atoms with Gasteiger partial charge in [0.1, 0.15) is 11.2 Å². The van der Waals surface area contributed by atoms with Crippen LogP contribution >= 0.6 is 0 Å². The molecule has 0 radical (unpaired) electrons. The summed E-state index contributed by atoms with van der Waals surface area (Å²) in [6.45, 7) is 3.42. The maximum Gasteiger partial charge on any atom is 0.270 e. The van der Waals surface area contributed by atoms with Gasteiger partial charge in [0.05, 0.1) is 12.2 Å². The first-order valence-electron chi connectivity index (χ1n) is 8.22. The Bertz CT molecular complexity index is 842. The third-order valence-electron chi connectivity index (χ3n) is 5.07. The van der Waals surface area contributed by atoms with Crippen LogP contribution in [0.1, 0.15) is 25.3 Å². The van der Waals surface area contributed by atoms with Gasteiger partial charge in [-0.1, -0.05) is 0 Å². The van der Waals surface area contributed by atoms with Crippen molar-refractivity contribution in [2.45, 2.75) is 37.9 Å². The zero-order valence-corrected chi connectivity index (χ0v) is 13.0. The summed E-state index contributed by atoms with van der Waals surface area (Å²) in [7, 11) is 0. The van der Waals surface area contributed by atoms with E-state index in [-0.39, 0.29) is 17.2 Å². The monoisotopic (exact) mass is 315 g/mol. The van der Waals surface area contributed by atoms with Gasteiger partial charge in [-0.25, -0.2) is 4.98 Å². The number of aromatic nitrogens is 3. The van der Waals surface area contributed by atoms with E-state index in [0.717, 1.165) is 38.9 Å². The minimum Gasteiger partial charge on any atom is -0.328 e. The van der Waals surface area contributed by atoms with Gasteiger partial charge in [0.15, 0.2) is 0 Å². The predicted octanol–water partition coefficient (Wildman–Crippen LogP) is -0.0739. The molecule has 0 spiro atoms. The third-order valence-corrected chi connectivity index (χ3v) is 5.07. The van der Waals surface area contributed by atoms with Gasteiger partial charge in [0.2, 0.25) is 0 Å². The standard InChI is InChI=1S/C16H21N5O2/c17-11-3-6-19(7-4-11)10-12-5-8-20-14(22)2-1-13-16(20)21(12)15(23)9-18-13/h1-2,9,11-12H,3-8,10,17H2/t12-/m0/s1. The first-order chi connectivity index (χ1) is 11.1. The van der Waals surface area contributed by atoms with Crippen molar-refractivity contribution >= 4 is 11.2 Å². The lowest BCUT2D eigenvalue weighted by Crippen LogP contribution is -2.45. The molecule has 2 aliphatic rings. The smallest absolute Gasteiger partial charge is 0.270 e. The highest BCUT2D eigenvalue weighted by molar-refractivity contribution is 5.70. The molecule has 0 aliphatic carbocycles. The Kier molecular flexibility index (Phi) is 3.54. The molecule has 0 amide bonds. The van der Waals surface area contributed by atoms with Crippen molar-refractivity contribution in [1.82, 2.24) is 19.0 Å². The van der Waals surface area contributed by atoms with Crippen LogP contribution in [-0.2, 0) is 6.54 Å². The molecule has 7 heteroatoms. The number of aryl methyl sites for hydroxylation is 1. The molecule has 2 aromatic heterocycles. The van der Waals surface area contributed by atoms with E-state index in [9.17, 15) is 9.59 Å². The molecule has 2 aliphatic heterocycles. The van der Waals surface area contributed by atoms with Crippen LogP contribution in [0, 0.1) is 0 Å². The molecule has 2 aromatic rings. The topological polar surface area (TPSA) is 86.2 Å². The second-order valence-electron chi connectivity index (χ2n) is 6.58. The number of pyridine rings is 1. The molecule has 0 bridgehead atoms. The summed E-state index contributed by atoms with van der Waals surface area (Å²) in [5.74, 6) is 0. The fourth-order valence-electron chi connectivity index (χ4n) is 3.79. The van der Waals surface area contributed by atoms with Crippen LogP contribution in [0.4, 0.5) is 0 Å². The summed E-state index contributed by atoms with van der Waals surface area (Å²) < 4.78 is 3.44. The fraction of sp³-hybridized carbons (Fsp3) is 0.562. The number of nitrogens with two attached hydrogens (primary N) is 1. The minimum atomic E-state index is -0.129. The van der Waals surface area contributed by atoms with Crippen LogP contribution in [0.3, 0.4) is 0 Å². The van der Waals surface area contributed by atoms with E-state index in [1.54, 1.807) is 15.2 Å². The van der Waals surface area contributed by atoms with Gasteiger partial charge in [0.25, 0.3) is 11.1 Å². The van der Waals surface area contributed by atoms with Crippen molar-refractivity contribution in [3.8, 4) is 0 Å². The van der Waals surface area contributed by atoms with Crippen LogP contribution in [-0.4, -0.2) is 44.7 Å². The van der Waals surface area contributed by atoms with Crippen LogP contribution in [0.25, 0.3) is 11.2 Å². The molecule has 1 atom stereocenters. The molecule has 2 N–H and O–H groups in total. The van der Waals surface area contributed by atoms with E-state index < -0.39 is 0 Å². The normalized spacial score (nSPS) is 22.6. The number of hydrogen-bond acceptors (Lipinski definition) is 5. The van der Waals surface area contributed by atoms with E-state index in [0.29, 0.717) is 23.8 Å². The maximum atomic E-state index is 12.4. The third kappa shape index (κ3) is 2.49. The second-order valence-corrected chi connectivity index (χ2v) is 6.58. The highest BCUT2D eigenvalue weighted by atomic mass is 16.1. The Balaban J connectivity index is 1.74. The molecule has 0 unspecified atom stereocenters. The average molecular weight is 315 g/mol. The maximum absolute atomic E-state index is 12.4. The van der Waals surface area contributed by atoms with Gasteiger partial charge >= 0.3 is 0 Å². The summed E-state index contributed by atoms with van der Waals surface area (Å²) in [5, 5.41) is 0. The van der Waals surface area contributed by atoms with E-state index in [2.05, 4.69) is 9.88 Å². The van der Waals surface area contributed by atoms with Crippen LogP contribution in [0.5, 0.6) is 0 Å². The fourth-order valence-corrected chi connectivity index (χ4v) is 3.79. The molecule has 1 saturated heterocycles. The Labute approximate surface area is 133 Å². The molecule has 7 nitrogen and oxygen atoms in total. The lowest BCUT2D eigenvalue weighted by molar-refractivity contribution is 0.174. The summed E-state index contributed by atoms with van der Waals surface area (Å²) in [6, 6.07) is 3.61. The van der Waals surface area contributed by atoms with Crippen LogP contribution < -0.4 is 16.9 Å². The molecule has 1 fully saturated rings. The molecule has 0 aromatic carbocycles. The number of likely N-dealkylation sites (tertiary alicyclic amines) is 1. The van der Waals surface area contributed by atoms with Crippen molar-refractivity contribution in [3.63, 3.8) is 0 Å². The Morgan fingerprint density at radius 3 is 2.65 bits per heavy atom. The van der Waals surface area contributed by atoms with Gasteiger partial charge in [0, 0.05) is 25.2 Å². The molecule has 23 heavy (non-hydrogen) atoms. The number of nitrogens with zero attached hydrogens (tertiary/aromatic N) is 4. The zero-order valence-electron chi connectivity index (χ0n) is 13.0. The molecule has 122 valence electrons. The van der Waals surface area contributed by atoms with Crippen molar-refractivity contribution in [3.05, 3.63) is 39.0 Å². The highest BCUT2D eigenvalue weighted by Gasteiger charge is 2.26. The molecular weight excluding hydrogens is 294 g/mol. The van der Waals surface area contributed by atoms with Crippen molar-refractivity contribution in [2.24, 2.45) is 5.73 Å². The van der Waals surface area contributed by atoms with Gasteiger partial charge in [-0.3, -0.25) is 18.7 Å². The molecular formula is C16H21N5O2. The largest absolute Gasteiger partial charge is 0.328 e. The quantitative estimate of drug-likeness (QED) is 0.838. The second kappa shape index (κ2) is 5.58. The van der Waals surface area contributed by atoms with E-state index in [1.165, 1.54) is 12.3 Å². The van der Waals surface area contributed by atoms with Crippen LogP contribution in [0.2, 0.25) is 0 Å². The summed E-state index contributed by atoms with van der Waals surface area (Å²) >= 11 is 0. The minimum absolute atomic E-state index is 0.0685.